The maximum Gasteiger partial charge on any atom is 0.200 e. The van der Waals surface area contributed by atoms with Gasteiger partial charge in [0.05, 0.1) is 29.6 Å². The summed E-state index contributed by atoms with van der Waals surface area (Å²) < 4.78 is 5.89. The minimum atomic E-state index is -0.0920. The van der Waals surface area contributed by atoms with Crippen molar-refractivity contribution >= 4 is 22.6 Å². The van der Waals surface area contributed by atoms with Crippen molar-refractivity contribution in [2.45, 2.75) is 32.2 Å². The molecule has 2 N–H and O–H groups in total. The highest BCUT2D eigenvalue weighted by molar-refractivity contribution is 6.30. The monoisotopic (exact) mass is 384 g/mol. The summed E-state index contributed by atoms with van der Waals surface area (Å²) in [5.41, 5.74) is 2.39. The Hall–Kier alpha value is -2.30. The number of hydrogen-bond acceptors (Lipinski definition) is 3. The van der Waals surface area contributed by atoms with Gasteiger partial charge in [-0.3, -0.25) is 4.79 Å². The van der Waals surface area contributed by atoms with Crippen molar-refractivity contribution < 1.29 is 14.4 Å². The molecule has 5 heteroatoms. The number of benzene rings is 2. The molecular formula is C22H23ClNO3+. The summed E-state index contributed by atoms with van der Waals surface area (Å²) in [6, 6.07) is 10.4. The molecule has 0 aliphatic carbocycles. The molecule has 4 rings (SSSR count). The highest BCUT2D eigenvalue weighted by Gasteiger charge is 2.20. The number of phenolic OH excluding ortho intramolecular Hbond substituents is 1. The zero-order valence-electron chi connectivity index (χ0n) is 15.1. The Balaban J connectivity index is 1.77. The molecule has 1 saturated heterocycles. The van der Waals surface area contributed by atoms with Crippen molar-refractivity contribution in [2.75, 3.05) is 13.1 Å². The zero-order chi connectivity index (χ0) is 18.8. The predicted molar refractivity (Wildman–Crippen MR) is 107 cm³/mol. The zero-order valence-corrected chi connectivity index (χ0v) is 15.9. The molecule has 2 aromatic carbocycles. The van der Waals surface area contributed by atoms with Gasteiger partial charge < -0.3 is 14.4 Å². The van der Waals surface area contributed by atoms with E-state index < -0.39 is 0 Å². The SMILES string of the molecule is O=c1c(-c2ccc(Cl)cc2)coc2c(C[NH+]3CCCCCC3)c(O)ccc12. The number of halogens is 1. The summed E-state index contributed by atoms with van der Waals surface area (Å²) in [5.74, 6) is 0.196. The molecule has 1 aromatic heterocycles. The lowest BCUT2D eigenvalue weighted by atomic mass is 10.0. The number of rotatable bonds is 3. The van der Waals surface area contributed by atoms with Gasteiger partial charge in [-0.25, -0.2) is 0 Å². The van der Waals surface area contributed by atoms with E-state index in [4.69, 9.17) is 16.0 Å². The van der Waals surface area contributed by atoms with Crippen molar-refractivity contribution in [1.29, 1.82) is 0 Å². The van der Waals surface area contributed by atoms with Gasteiger partial charge in [-0.1, -0.05) is 23.7 Å². The summed E-state index contributed by atoms with van der Waals surface area (Å²) in [4.78, 5) is 14.5. The van der Waals surface area contributed by atoms with Crippen molar-refractivity contribution in [3.05, 3.63) is 63.5 Å². The first-order chi connectivity index (χ1) is 13.1. The molecule has 1 aliphatic heterocycles. The summed E-state index contributed by atoms with van der Waals surface area (Å²) in [7, 11) is 0. The number of phenols is 1. The molecule has 0 bridgehead atoms. The lowest BCUT2D eigenvalue weighted by molar-refractivity contribution is -0.913. The lowest BCUT2D eigenvalue weighted by Crippen LogP contribution is -3.10. The fourth-order valence-electron chi connectivity index (χ4n) is 3.90. The molecule has 27 heavy (non-hydrogen) atoms. The number of quaternary nitrogens is 1. The van der Waals surface area contributed by atoms with Crippen LogP contribution in [0.1, 0.15) is 31.2 Å². The Morgan fingerprint density at radius 1 is 1.00 bits per heavy atom. The third-order valence-corrected chi connectivity index (χ3v) is 5.66. The average molecular weight is 385 g/mol. The second kappa shape index (κ2) is 7.75. The molecule has 0 atom stereocenters. The number of aromatic hydroxyl groups is 1. The van der Waals surface area contributed by atoms with Crippen molar-refractivity contribution in [3.63, 3.8) is 0 Å². The lowest BCUT2D eigenvalue weighted by Gasteiger charge is -2.18. The molecule has 0 saturated carbocycles. The number of fused-ring (bicyclic) bond motifs is 1. The molecule has 1 fully saturated rings. The Labute approximate surface area is 163 Å². The first kappa shape index (κ1) is 18.1. The second-order valence-corrected chi connectivity index (χ2v) is 7.70. The normalized spacial score (nSPS) is 15.7. The maximum atomic E-state index is 13.0. The molecule has 4 nitrogen and oxygen atoms in total. The van der Waals surface area contributed by atoms with Gasteiger partial charge in [0.25, 0.3) is 0 Å². The molecule has 3 aromatic rings. The van der Waals surface area contributed by atoms with E-state index in [0.717, 1.165) is 24.2 Å². The van der Waals surface area contributed by atoms with Crippen LogP contribution in [-0.2, 0) is 6.54 Å². The number of hydrogen-bond donors (Lipinski definition) is 2. The van der Waals surface area contributed by atoms with Crippen LogP contribution in [0.25, 0.3) is 22.1 Å². The third kappa shape index (κ3) is 3.73. The number of likely N-dealkylation sites (tertiary alicyclic amines) is 1. The highest BCUT2D eigenvalue weighted by atomic mass is 35.5. The van der Waals surface area contributed by atoms with Gasteiger partial charge in [0.2, 0.25) is 5.43 Å². The van der Waals surface area contributed by atoms with E-state index in [1.807, 2.05) is 12.1 Å². The van der Waals surface area contributed by atoms with Crippen LogP contribution in [0, 0.1) is 0 Å². The van der Waals surface area contributed by atoms with Gasteiger partial charge in [-0.15, -0.1) is 0 Å². The Morgan fingerprint density at radius 2 is 1.70 bits per heavy atom. The van der Waals surface area contributed by atoms with Crippen LogP contribution < -0.4 is 10.3 Å². The fourth-order valence-corrected chi connectivity index (χ4v) is 4.03. The van der Waals surface area contributed by atoms with E-state index in [0.29, 0.717) is 28.1 Å². The maximum absolute atomic E-state index is 13.0. The Bertz CT molecular complexity index is 1000. The Kier molecular flexibility index (Phi) is 5.19. The topological polar surface area (TPSA) is 54.9 Å². The van der Waals surface area contributed by atoms with Crippen LogP contribution in [0.2, 0.25) is 5.02 Å². The highest BCUT2D eigenvalue weighted by Crippen LogP contribution is 2.28. The van der Waals surface area contributed by atoms with Gasteiger partial charge in [0.15, 0.2) is 0 Å². The van der Waals surface area contributed by atoms with Crippen LogP contribution in [0.5, 0.6) is 5.75 Å². The molecule has 0 amide bonds. The van der Waals surface area contributed by atoms with E-state index >= 15 is 0 Å². The third-order valence-electron chi connectivity index (χ3n) is 5.41. The first-order valence-corrected chi connectivity index (χ1v) is 9.87. The molecule has 2 heterocycles. The van der Waals surface area contributed by atoms with E-state index in [1.54, 1.807) is 24.3 Å². The van der Waals surface area contributed by atoms with Crippen molar-refractivity contribution in [2.24, 2.45) is 0 Å². The largest absolute Gasteiger partial charge is 0.507 e. The van der Waals surface area contributed by atoms with Gasteiger partial charge >= 0.3 is 0 Å². The van der Waals surface area contributed by atoms with Gasteiger partial charge in [-0.05, 0) is 55.5 Å². The van der Waals surface area contributed by atoms with Crippen LogP contribution in [-0.4, -0.2) is 18.2 Å². The molecule has 0 radical (unpaired) electrons. The van der Waals surface area contributed by atoms with Crippen LogP contribution in [0.4, 0.5) is 0 Å². The van der Waals surface area contributed by atoms with E-state index in [9.17, 15) is 9.90 Å². The van der Waals surface area contributed by atoms with Crippen LogP contribution in [0.3, 0.4) is 0 Å². The van der Waals surface area contributed by atoms with Crippen molar-refractivity contribution in [3.8, 4) is 16.9 Å². The average Bonchev–Trinajstić information content (AvgIpc) is 2.94. The second-order valence-electron chi connectivity index (χ2n) is 7.27. The number of nitrogens with one attached hydrogen (secondary N) is 1. The first-order valence-electron chi connectivity index (χ1n) is 9.49. The van der Waals surface area contributed by atoms with E-state index in [-0.39, 0.29) is 11.2 Å². The summed E-state index contributed by atoms with van der Waals surface area (Å²) in [6.45, 7) is 2.85. The summed E-state index contributed by atoms with van der Waals surface area (Å²) in [5, 5.41) is 11.6. The van der Waals surface area contributed by atoms with Gasteiger partial charge in [-0.2, -0.15) is 0 Å². The van der Waals surface area contributed by atoms with E-state index in [2.05, 4.69) is 0 Å². The van der Waals surface area contributed by atoms with E-state index in [1.165, 1.54) is 36.8 Å². The predicted octanol–water partition coefficient (Wildman–Crippen LogP) is 3.78. The smallest absolute Gasteiger partial charge is 0.200 e. The van der Waals surface area contributed by atoms with Gasteiger partial charge in [0.1, 0.15) is 24.1 Å². The molecule has 140 valence electrons. The fraction of sp³-hybridized carbons (Fsp3) is 0.318. The minimum Gasteiger partial charge on any atom is -0.507 e. The Morgan fingerprint density at radius 3 is 2.41 bits per heavy atom. The van der Waals surface area contributed by atoms with Crippen LogP contribution >= 0.6 is 11.6 Å². The summed E-state index contributed by atoms with van der Waals surface area (Å²) in [6.07, 6.45) is 6.43. The minimum absolute atomic E-state index is 0.0920. The standard InChI is InChI=1S/C22H22ClNO3/c23-16-7-5-15(6-8-16)19-14-27-22-17(21(19)26)9-10-20(25)18(22)13-24-11-3-1-2-4-12-24/h5-10,14,25H,1-4,11-13H2/p+1. The van der Waals surface area contributed by atoms with Crippen molar-refractivity contribution in [1.82, 2.24) is 0 Å². The molecule has 1 aliphatic rings. The quantitative estimate of drug-likeness (QED) is 0.722. The van der Waals surface area contributed by atoms with Crippen LogP contribution in [0.15, 0.2) is 51.9 Å². The molecule has 0 unspecified atom stereocenters. The molecule has 0 spiro atoms. The molecular weight excluding hydrogens is 362 g/mol. The summed E-state index contributed by atoms with van der Waals surface area (Å²) >= 11 is 5.94. The van der Waals surface area contributed by atoms with Gasteiger partial charge in [0, 0.05) is 5.02 Å².